The summed E-state index contributed by atoms with van der Waals surface area (Å²) in [5.74, 6) is -3.17. The third kappa shape index (κ3) is 4.79. The van der Waals surface area contributed by atoms with E-state index in [1.165, 1.54) is 6.07 Å². The standard InChI is InChI=1S/C16H12ClFN2O4/c17-11-6-7-13(18)12(8-11)16(23)24-9-14(21)19-20-15(22)10-4-2-1-3-5-10/h1-8H,9H2,(H,19,21)(H,20,22). The van der Waals surface area contributed by atoms with E-state index in [-0.39, 0.29) is 10.6 Å². The molecule has 6 nitrogen and oxygen atoms in total. The third-order valence-corrected chi connectivity index (χ3v) is 3.07. The van der Waals surface area contributed by atoms with E-state index in [2.05, 4.69) is 15.6 Å². The first-order valence-corrected chi connectivity index (χ1v) is 7.11. The number of carbonyl (C=O) groups excluding carboxylic acids is 3. The summed E-state index contributed by atoms with van der Waals surface area (Å²) in [6.45, 7) is -0.695. The van der Waals surface area contributed by atoms with Crippen LogP contribution in [0.25, 0.3) is 0 Å². The van der Waals surface area contributed by atoms with Gasteiger partial charge in [0.2, 0.25) is 0 Å². The Bertz CT molecular complexity index is 768. The molecule has 0 bridgehead atoms. The number of ether oxygens (including phenoxy) is 1. The van der Waals surface area contributed by atoms with Crippen molar-refractivity contribution in [3.05, 3.63) is 70.5 Å². The topological polar surface area (TPSA) is 84.5 Å². The van der Waals surface area contributed by atoms with Gasteiger partial charge in [-0.15, -0.1) is 0 Å². The summed E-state index contributed by atoms with van der Waals surface area (Å²) in [6, 6.07) is 11.6. The van der Waals surface area contributed by atoms with Gasteiger partial charge in [-0.05, 0) is 30.3 Å². The van der Waals surface area contributed by atoms with Crippen LogP contribution in [0.2, 0.25) is 5.02 Å². The lowest BCUT2D eigenvalue weighted by Crippen LogP contribution is -2.43. The molecule has 0 aromatic heterocycles. The van der Waals surface area contributed by atoms with Crippen LogP contribution in [-0.4, -0.2) is 24.4 Å². The summed E-state index contributed by atoms with van der Waals surface area (Å²) in [6.07, 6.45) is 0. The number of rotatable bonds is 4. The first kappa shape index (κ1) is 17.4. The number of esters is 1. The summed E-state index contributed by atoms with van der Waals surface area (Å²) in [5, 5.41) is 0.155. The van der Waals surface area contributed by atoms with Crippen LogP contribution in [0, 0.1) is 5.82 Å². The molecule has 0 saturated heterocycles. The van der Waals surface area contributed by atoms with Crippen molar-refractivity contribution in [3.63, 3.8) is 0 Å². The molecule has 8 heteroatoms. The van der Waals surface area contributed by atoms with E-state index in [0.717, 1.165) is 12.1 Å². The second-order valence-corrected chi connectivity index (χ2v) is 5.01. The Balaban J connectivity index is 1.82. The van der Waals surface area contributed by atoms with E-state index < -0.39 is 30.2 Å². The van der Waals surface area contributed by atoms with Gasteiger partial charge in [0.05, 0.1) is 5.56 Å². The van der Waals surface area contributed by atoms with Gasteiger partial charge in [-0.1, -0.05) is 29.8 Å². The molecule has 0 aliphatic heterocycles. The maximum absolute atomic E-state index is 13.5. The average Bonchev–Trinajstić information content (AvgIpc) is 2.60. The molecule has 2 N–H and O–H groups in total. The maximum atomic E-state index is 13.5. The van der Waals surface area contributed by atoms with Crippen LogP contribution in [0.4, 0.5) is 4.39 Å². The molecule has 2 amide bonds. The summed E-state index contributed by atoms with van der Waals surface area (Å²) in [7, 11) is 0. The summed E-state index contributed by atoms with van der Waals surface area (Å²) in [4.78, 5) is 34.9. The van der Waals surface area contributed by atoms with E-state index in [1.807, 2.05) is 0 Å². The van der Waals surface area contributed by atoms with Crippen LogP contribution in [-0.2, 0) is 9.53 Å². The molecule has 0 fully saturated rings. The van der Waals surface area contributed by atoms with Crippen molar-refractivity contribution in [1.82, 2.24) is 10.9 Å². The molecule has 0 spiro atoms. The number of carbonyl (C=O) groups is 3. The van der Waals surface area contributed by atoms with Crippen molar-refractivity contribution in [2.45, 2.75) is 0 Å². The fourth-order valence-corrected chi connectivity index (χ4v) is 1.86. The fraction of sp³-hybridized carbons (Fsp3) is 0.0625. The molecule has 0 atom stereocenters. The highest BCUT2D eigenvalue weighted by Gasteiger charge is 2.15. The smallest absolute Gasteiger partial charge is 0.341 e. The molecule has 0 saturated carbocycles. The van der Waals surface area contributed by atoms with E-state index in [0.29, 0.717) is 5.56 Å². The Kier molecular flexibility index (Phi) is 5.86. The van der Waals surface area contributed by atoms with Crippen molar-refractivity contribution >= 4 is 29.4 Å². The predicted octanol–water partition coefficient (Wildman–Crippen LogP) is 2.10. The summed E-state index contributed by atoms with van der Waals surface area (Å²) in [5.41, 5.74) is 4.19. The highest BCUT2D eigenvalue weighted by molar-refractivity contribution is 6.30. The minimum absolute atomic E-state index is 0.155. The van der Waals surface area contributed by atoms with E-state index >= 15 is 0 Å². The van der Waals surface area contributed by atoms with E-state index in [4.69, 9.17) is 11.6 Å². The Labute approximate surface area is 141 Å². The van der Waals surface area contributed by atoms with Gasteiger partial charge < -0.3 is 4.74 Å². The van der Waals surface area contributed by atoms with Gasteiger partial charge in [0, 0.05) is 10.6 Å². The first-order valence-electron chi connectivity index (χ1n) is 6.74. The quantitative estimate of drug-likeness (QED) is 0.653. The largest absolute Gasteiger partial charge is 0.452 e. The molecule has 0 radical (unpaired) electrons. The second-order valence-electron chi connectivity index (χ2n) is 4.57. The highest BCUT2D eigenvalue weighted by Crippen LogP contribution is 2.15. The zero-order valence-electron chi connectivity index (χ0n) is 12.2. The maximum Gasteiger partial charge on any atom is 0.341 e. The van der Waals surface area contributed by atoms with E-state index in [9.17, 15) is 18.8 Å². The molecule has 0 aliphatic carbocycles. The molecule has 0 heterocycles. The first-order chi connectivity index (χ1) is 11.5. The number of halogens is 2. The SMILES string of the molecule is O=C(COC(=O)c1cc(Cl)ccc1F)NNC(=O)c1ccccc1. The van der Waals surface area contributed by atoms with Crippen LogP contribution in [0.1, 0.15) is 20.7 Å². The van der Waals surface area contributed by atoms with Crippen molar-refractivity contribution in [2.75, 3.05) is 6.61 Å². The minimum atomic E-state index is -1.04. The molecule has 24 heavy (non-hydrogen) atoms. The van der Waals surface area contributed by atoms with Gasteiger partial charge >= 0.3 is 5.97 Å². The summed E-state index contributed by atoms with van der Waals surface area (Å²) < 4.78 is 18.1. The Morgan fingerprint density at radius 3 is 2.46 bits per heavy atom. The van der Waals surface area contributed by atoms with Gasteiger partial charge in [0.25, 0.3) is 11.8 Å². The van der Waals surface area contributed by atoms with Crippen LogP contribution in [0.15, 0.2) is 48.5 Å². The normalized spacial score (nSPS) is 9.92. The van der Waals surface area contributed by atoms with Crippen LogP contribution < -0.4 is 10.9 Å². The lowest BCUT2D eigenvalue weighted by Gasteiger charge is -2.08. The van der Waals surface area contributed by atoms with Gasteiger partial charge in [0.1, 0.15) is 5.82 Å². The van der Waals surface area contributed by atoms with Gasteiger partial charge in [-0.2, -0.15) is 0 Å². The number of benzene rings is 2. The van der Waals surface area contributed by atoms with Crippen molar-refractivity contribution < 1.29 is 23.5 Å². The zero-order valence-corrected chi connectivity index (χ0v) is 13.0. The van der Waals surface area contributed by atoms with E-state index in [1.54, 1.807) is 30.3 Å². The Morgan fingerprint density at radius 2 is 1.75 bits per heavy atom. The lowest BCUT2D eigenvalue weighted by atomic mass is 10.2. The van der Waals surface area contributed by atoms with Gasteiger partial charge in [-0.3, -0.25) is 20.4 Å². The number of amides is 2. The predicted molar refractivity (Wildman–Crippen MR) is 83.7 cm³/mol. The zero-order chi connectivity index (χ0) is 17.5. The monoisotopic (exact) mass is 350 g/mol. The Hall–Kier alpha value is -2.93. The summed E-state index contributed by atoms with van der Waals surface area (Å²) >= 11 is 5.67. The van der Waals surface area contributed by atoms with Crippen molar-refractivity contribution in [1.29, 1.82) is 0 Å². The van der Waals surface area contributed by atoms with Gasteiger partial charge in [-0.25, -0.2) is 9.18 Å². The minimum Gasteiger partial charge on any atom is -0.452 e. The van der Waals surface area contributed by atoms with Crippen molar-refractivity contribution in [2.24, 2.45) is 0 Å². The highest BCUT2D eigenvalue weighted by atomic mass is 35.5. The molecular formula is C16H12ClFN2O4. The number of hydrogen-bond donors (Lipinski definition) is 2. The third-order valence-electron chi connectivity index (χ3n) is 2.83. The van der Waals surface area contributed by atoms with Crippen molar-refractivity contribution in [3.8, 4) is 0 Å². The average molecular weight is 351 g/mol. The molecule has 2 aromatic carbocycles. The van der Waals surface area contributed by atoms with Crippen LogP contribution >= 0.6 is 11.6 Å². The lowest BCUT2D eigenvalue weighted by molar-refractivity contribution is -0.125. The Morgan fingerprint density at radius 1 is 1.04 bits per heavy atom. The molecule has 0 unspecified atom stereocenters. The number of hydrogen-bond acceptors (Lipinski definition) is 4. The molecule has 0 aliphatic rings. The molecular weight excluding hydrogens is 339 g/mol. The van der Waals surface area contributed by atoms with Gasteiger partial charge in [0.15, 0.2) is 6.61 Å². The second kappa shape index (κ2) is 8.07. The van der Waals surface area contributed by atoms with Crippen LogP contribution in [0.3, 0.4) is 0 Å². The molecule has 2 aromatic rings. The molecule has 124 valence electrons. The number of hydrazine groups is 1. The van der Waals surface area contributed by atoms with Crippen LogP contribution in [0.5, 0.6) is 0 Å². The fourth-order valence-electron chi connectivity index (χ4n) is 1.69. The number of nitrogens with one attached hydrogen (secondary N) is 2. The molecule has 2 rings (SSSR count).